The molecule has 18 heavy (non-hydrogen) atoms. The number of aliphatic hydroxyl groups is 2. The number of hydrogen-bond acceptors (Lipinski definition) is 4. The van der Waals surface area contributed by atoms with Gasteiger partial charge in [-0.25, -0.2) is 0 Å². The van der Waals surface area contributed by atoms with Crippen molar-refractivity contribution >= 4 is 5.97 Å². The Hall–Kier alpha value is -0.610. The zero-order valence-electron chi connectivity index (χ0n) is 10.8. The van der Waals surface area contributed by atoms with Crippen molar-refractivity contribution in [1.82, 2.24) is 0 Å². The Morgan fingerprint density at radius 1 is 1.33 bits per heavy atom. The molecule has 2 aliphatic carbocycles. The topological polar surface area (TPSA) is 66.8 Å². The van der Waals surface area contributed by atoms with Gasteiger partial charge in [-0.3, -0.25) is 4.79 Å². The normalized spacial score (nSPS) is 51.5. The van der Waals surface area contributed by atoms with Crippen molar-refractivity contribution in [3.63, 3.8) is 0 Å². The first-order valence-electron chi connectivity index (χ1n) is 7.05. The standard InChI is InChI=1S/C14H22O4/c1-14-10(4-5-11(14)16)9(7-15)3-2-8-6-12(17)18-13(8)14/h8-11,13,15-16H,2-7H2,1H3/t8-,9?,10-,11-,13+,14-/m0/s1. The molecule has 0 aromatic rings. The number of carbonyl (C=O) groups is 1. The minimum atomic E-state index is -0.409. The van der Waals surface area contributed by atoms with Crippen molar-refractivity contribution in [3.05, 3.63) is 0 Å². The number of aliphatic hydroxyl groups excluding tert-OH is 2. The Morgan fingerprint density at radius 2 is 2.11 bits per heavy atom. The van der Waals surface area contributed by atoms with Gasteiger partial charge in [0.25, 0.3) is 0 Å². The van der Waals surface area contributed by atoms with Gasteiger partial charge >= 0.3 is 5.97 Å². The molecule has 0 amide bonds. The van der Waals surface area contributed by atoms with E-state index < -0.39 is 6.10 Å². The summed E-state index contributed by atoms with van der Waals surface area (Å²) >= 11 is 0. The highest BCUT2D eigenvalue weighted by molar-refractivity contribution is 5.72. The van der Waals surface area contributed by atoms with Crippen molar-refractivity contribution in [2.24, 2.45) is 23.2 Å². The van der Waals surface area contributed by atoms with Gasteiger partial charge in [-0.05, 0) is 37.5 Å². The monoisotopic (exact) mass is 254 g/mol. The molecule has 3 aliphatic rings. The summed E-state index contributed by atoms with van der Waals surface area (Å²) < 4.78 is 5.54. The Balaban J connectivity index is 1.98. The number of carbonyl (C=O) groups excluding carboxylic acids is 1. The fourth-order valence-corrected chi connectivity index (χ4v) is 4.69. The molecule has 1 saturated heterocycles. The maximum absolute atomic E-state index is 11.6. The lowest BCUT2D eigenvalue weighted by Crippen LogP contribution is -2.47. The molecule has 0 bridgehead atoms. The predicted molar refractivity (Wildman–Crippen MR) is 64.6 cm³/mol. The van der Waals surface area contributed by atoms with Crippen LogP contribution in [0.15, 0.2) is 0 Å². The van der Waals surface area contributed by atoms with Gasteiger partial charge in [-0.1, -0.05) is 6.92 Å². The van der Waals surface area contributed by atoms with E-state index in [0.717, 1.165) is 25.7 Å². The second-order valence-corrected chi connectivity index (χ2v) is 6.46. The van der Waals surface area contributed by atoms with Crippen molar-refractivity contribution in [2.45, 2.75) is 51.2 Å². The highest BCUT2D eigenvalue weighted by Gasteiger charge is 2.60. The second kappa shape index (κ2) is 4.20. The van der Waals surface area contributed by atoms with E-state index in [1.807, 2.05) is 0 Å². The van der Waals surface area contributed by atoms with Gasteiger partial charge in [0.1, 0.15) is 6.10 Å². The van der Waals surface area contributed by atoms with Crippen LogP contribution in [0.25, 0.3) is 0 Å². The first-order valence-corrected chi connectivity index (χ1v) is 7.05. The molecule has 0 radical (unpaired) electrons. The molecule has 102 valence electrons. The van der Waals surface area contributed by atoms with E-state index in [4.69, 9.17) is 4.74 Å². The molecule has 4 nitrogen and oxygen atoms in total. The van der Waals surface area contributed by atoms with E-state index in [1.165, 1.54) is 0 Å². The summed E-state index contributed by atoms with van der Waals surface area (Å²) in [5.74, 6) is 0.635. The second-order valence-electron chi connectivity index (χ2n) is 6.46. The molecule has 0 spiro atoms. The minimum Gasteiger partial charge on any atom is -0.461 e. The van der Waals surface area contributed by atoms with E-state index in [1.54, 1.807) is 0 Å². The third kappa shape index (κ3) is 1.55. The summed E-state index contributed by atoms with van der Waals surface area (Å²) in [5, 5.41) is 20.0. The van der Waals surface area contributed by atoms with Gasteiger partial charge in [0.15, 0.2) is 0 Å². The van der Waals surface area contributed by atoms with Gasteiger partial charge in [0.2, 0.25) is 0 Å². The summed E-state index contributed by atoms with van der Waals surface area (Å²) in [7, 11) is 0. The summed E-state index contributed by atoms with van der Waals surface area (Å²) in [6, 6.07) is 0. The molecule has 2 saturated carbocycles. The Morgan fingerprint density at radius 3 is 2.83 bits per heavy atom. The molecule has 3 rings (SSSR count). The Kier molecular flexibility index (Phi) is 2.90. The zero-order chi connectivity index (χ0) is 12.9. The molecule has 1 aliphatic heterocycles. The van der Waals surface area contributed by atoms with Crippen LogP contribution in [0, 0.1) is 23.2 Å². The Bertz CT molecular complexity index is 356. The van der Waals surface area contributed by atoms with E-state index in [-0.39, 0.29) is 41.8 Å². The van der Waals surface area contributed by atoms with Crippen LogP contribution in [-0.2, 0) is 9.53 Å². The fourth-order valence-electron chi connectivity index (χ4n) is 4.69. The lowest BCUT2D eigenvalue weighted by Gasteiger charge is -2.41. The average molecular weight is 254 g/mol. The summed E-state index contributed by atoms with van der Waals surface area (Å²) in [6.45, 7) is 2.24. The third-order valence-electron chi connectivity index (χ3n) is 5.71. The van der Waals surface area contributed by atoms with Crippen molar-refractivity contribution in [1.29, 1.82) is 0 Å². The van der Waals surface area contributed by atoms with Gasteiger partial charge < -0.3 is 14.9 Å². The van der Waals surface area contributed by atoms with Crippen LogP contribution in [0.1, 0.15) is 39.0 Å². The zero-order valence-corrected chi connectivity index (χ0v) is 10.8. The van der Waals surface area contributed by atoms with Crippen LogP contribution in [0.5, 0.6) is 0 Å². The van der Waals surface area contributed by atoms with Crippen LogP contribution < -0.4 is 0 Å². The molecule has 0 aromatic heterocycles. The number of esters is 1. The molecule has 1 heterocycles. The summed E-state index contributed by atoms with van der Waals surface area (Å²) in [6.07, 6.45) is 3.50. The Labute approximate surface area is 107 Å². The smallest absolute Gasteiger partial charge is 0.306 e. The van der Waals surface area contributed by atoms with E-state index in [9.17, 15) is 15.0 Å². The number of rotatable bonds is 1. The number of fused-ring (bicyclic) bond motifs is 3. The largest absolute Gasteiger partial charge is 0.461 e. The molecule has 0 aromatic carbocycles. The highest BCUT2D eigenvalue weighted by Crippen LogP contribution is 2.57. The summed E-state index contributed by atoms with van der Waals surface area (Å²) in [5.41, 5.74) is -0.360. The van der Waals surface area contributed by atoms with Crippen molar-refractivity contribution in [3.8, 4) is 0 Å². The highest BCUT2D eigenvalue weighted by atomic mass is 16.6. The van der Waals surface area contributed by atoms with Gasteiger partial charge in [-0.2, -0.15) is 0 Å². The first kappa shape index (κ1) is 12.4. The third-order valence-corrected chi connectivity index (χ3v) is 5.71. The molecule has 6 atom stereocenters. The van der Waals surface area contributed by atoms with Crippen molar-refractivity contribution < 1.29 is 19.7 Å². The van der Waals surface area contributed by atoms with Gasteiger partial charge in [-0.15, -0.1) is 0 Å². The molecular weight excluding hydrogens is 232 g/mol. The van der Waals surface area contributed by atoms with Gasteiger partial charge in [0, 0.05) is 17.9 Å². The van der Waals surface area contributed by atoms with Crippen LogP contribution in [0.4, 0.5) is 0 Å². The summed E-state index contributed by atoms with van der Waals surface area (Å²) in [4.78, 5) is 11.6. The average Bonchev–Trinajstić information content (AvgIpc) is 2.82. The van der Waals surface area contributed by atoms with Crippen LogP contribution in [-0.4, -0.2) is 35.0 Å². The molecule has 4 heteroatoms. The minimum absolute atomic E-state index is 0.119. The van der Waals surface area contributed by atoms with Crippen molar-refractivity contribution in [2.75, 3.05) is 6.61 Å². The first-order chi connectivity index (χ1) is 8.57. The fraction of sp³-hybridized carbons (Fsp3) is 0.929. The molecule has 2 N–H and O–H groups in total. The maximum atomic E-state index is 11.6. The molecular formula is C14H22O4. The molecule has 3 fully saturated rings. The SMILES string of the molecule is C[C@]12[C@@H]3OC(=O)C[C@@H]3CCC(CO)[C@@H]1CC[C@@H]2O. The quantitative estimate of drug-likeness (QED) is 0.688. The van der Waals surface area contributed by atoms with Crippen LogP contribution >= 0.6 is 0 Å². The lowest BCUT2D eigenvalue weighted by atomic mass is 9.68. The lowest BCUT2D eigenvalue weighted by molar-refractivity contribution is -0.153. The maximum Gasteiger partial charge on any atom is 0.306 e. The van der Waals surface area contributed by atoms with E-state index in [2.05, 4.69) is 6.92 Å². The molecule has 1 unspecified atom stereocenters. The van der Waals surface area contributed by atoms with Crippen LogP contribution in [0.2, 0.25) is 0 Å². The van der Waals surface area contributed by atoms with Crippen LogP contribution in [0.3, 0.4) is 0 Å². The van der Waals surface area contributed by atoms with E-state index in [0.29, 0.717) is 6.42 Å². The van der Waals surface area contributed by atoms with Gasteiger partial charge in [0.05, 0.1) is 12.5 Å². The predicted octanol–water partition coefficient (Wildman–Crippen LogP) is 1.10. The van der Waals surface area contributed by atoms with E-state index >= 15 is 0 Å². The number of hydrogen-bond donors (Lipinski definition) is 2. The number of ether oxygens (including phenoxy) is 1.